The van der Waals surface area contributed by atoms with Crippen molar-refractivity contribution in [3.63, 3.8) is 0 Å². The van der Waals surface area contributed by atoms with Crippen LogP contribution >= 0.6 is 0 Å². The first-order valence-corrected chi connectivity index (χ1v) is 6.53. The Kier molecular flexibility index (Phi) is 4.68. The third-order valence-electron chi connectivity index (χ3n) is 3.59. The molecule has 0 aromatic heterocycles. The number of nitrogens with zero attached hydrogens (tertiary/aromatic N) is 1. The van der Waals surface area contributed by atoms with Gasteiger partial charge < -0.3 is 10.2 Å². The van der Waals surface area contributed by atoms with Crippen LogP contribution in [0.5, 0.6) is 0 Å². The van der Waals surface area contributed by atoms with Crippen LogP contribution in [0.3, 0.4) is 0 Å². The van der Waals surface area contributed by atoms with E-state index < -0.39 is 0 Å². The van der Waals surface area contributed by atoms with E-state index in [0.29, 0.717) is 0 Å². The van der Waals surface area contributed by atoms with Gasteiger partial charge in [-0.05, 0) is 51.2 Å². The van der Waals surface area contributed by atoms with Gasteiger partial charge in [-0.25, -0.2) is 0 Å². The van der Waals surface area contributed by atoms with Gasteiger partial charge in [0, 0.05) is 13.1 Å². The zero-order chi connectivity index (χ0) is 10.3. The normalized spacial score (nSPS) is 23.7. The largest absolute Gasteiger partial charge is 0.315 e. The summed E-state index contributed by atoms with van der Waals surface area (Å²) in [5, 5.41) is 3.59. The second kappa shape index (κ2) is 6.29. The molecule has 1 aliphatic carbocycles. The average Bonchev–Trinajstić information content (AvgIpc) is 2.79. The number of hydrogen-bond donors (Lipinski definition) is 1. The fourth-order valence-corrected chi connectivity index (χ4v) is 2.57. The number of piperidine rings is 1. The molecule has 2 nitrogen and oxygen atoms in total. The van der Waals surface area contributed by atoms with Gasteiger partial charge >= 0.3 is 0 Å². The Morgan fingerprint density at radius 3 is 2.53 bits per heavy atom. The Balaban J connectivity index is 1.47. The molecule has 0 aromatic carbocycles. The van der Waals surface area contributed by atoms with Gasteiger partial charge in [0.1, 0.15) is 0 Å². The van der Waals surface area contributed by atoms with Gasteiger partial charge in [-0.3, -0.25) is 0 Å². The maximum atomic E-state index is 3.59. The fourth-order valence-electron chi connectivity index (χ4n) is 2.57. The fraction of sp³-hybridized carbons (Fsp3) is 0.846. The molecule has 0 spiro atoms. The predicted octanol–water partition coefficient (Wildman–Crippen LogP) is 2.03. The van der Waals surface area contributed by atoms with Gasteiger partial charge in [-0.1, -0.05) is 18.6 Å². The maximum Gasteiger partial charge on any atom is 0.0107 e. The maximum absolute atomic E-state index is 3.59. The van der Waals surface area contributed by atoms with Crippen LogP contribution in [0.1, 0.15) is 32.1 Å². The Morgan fingerprint density at radius 2 is 1.80 bits per heavy atom. The van der Waals surface area contributed by atoms with Crippen molar-refractivity contribution in [3.05, 3.63) is 12.2 Å². The van der Waals surface area contributed by atoms with Crippen molar-refractivity contribution in [2.24, 2.45) is 5.92 Å². The molecular formula is C13H24N2. The van der Waals surface area contributed by atoms with Crippen LogP contribution in [0.2, 0.25) is 0 Å². The SMILES string of the molecule is C1=CCC(CNCCN2CCCCC2)C1. The molecule has 0 atom stereocenters. The number of hydrogen-bond acceptors (Lipinski definition) is 2. The van der Waals surface area contributed by atoms with Crippen LogP contribution in [-0.2, 0) is 0 Å². The summed E-state index contributed by atoms with van der Waals surface area (Å²) in [7, 11) is 0. The Morgan fingerprint density at radius 1 is 1.07 bits per heavy atom. The molecule has 1 aliphatic heterocycles. The lowest BCUT2D eigenvalue weighted by molar-refractivity contribution is 0.228. The van der Waals surface area contributed by atoms with Crippen molar-refractivity contribution in [2.45, 2.75) is 32.1 Å². The standard InChI is InChI=1S/C13H24N2/c1-4-9-15(10-5-1)11-8-14-12-13-6-2-3-7-13/h2-3,13-14H,1,4-12H2. The summed E-state index contributed by atoms with van der Waals surface area (Å²) in [6, 6.07) is 0. The van der Waals surface area contributed by atoms with E-state index in [1.54, 1.807) is 0 Å². The minimum atomic E-state index is 0.881. The summed E-state index contributed by atoms with van der Waals surface area (Å²) in [5.41, 5.74) is 0. The summed E-state index contributed by atoms with van der Waals surface area (Å²) in [6.45, 7) is 6.29. The first-order valence-electron chi connectivity index (χ1n) is 6.53. The van der Waals surface area contributed by atoms with E-state index in [9.17, 15) is 0 Å². The van der Waals surface area contributed by atoms with Gasteiger partial charge in [0.05, 0.1) is 0 Å². The third-order valence-corrected chi connectivity index (χ3v) is 3.59. The van der Waals surface area contributed by atoms with E-state index in [4.69, 9.17) is 0 Å². The van der Waals surface area contributed by atoms with Crippen molar-refractivity contribution in [1.82, 2.24) is 10.2 Å². The Bertz CT molecular complexity index is 187. The van der Waals surface area contributed by atoms with Crippen molar-refractivity contribution in [2.75, 3.05) is 32.7 Å². The first kappa shape index (κ1) is 11.2. The quantitative estimate of drug-likeness (QED) is 0.549. The summed E-state index contributed by atoms with van der Waals surface area (Å²) in [4.78, 5) is 2.60. The lowest BCUT2D eigenvalue weighted by atomic mass is 10.1. The van der Waals surface area contributed by atoms with Crippen LogP contribution in [0.25, 0.3) is 0 Å². The van der Waals surface area contributed by atoms with Gasteiger partial charge in [0.15, 0.2) is 0 Å². The van der Waals surface area contributed by atoms with Crippen molar-refractivity contribution in [1.29, 1.82) is 0 Å². The molecule has 0 aromatic rings. The second-order valence-corrected chi connectivity index (χ2v) is 4.92. The number of allylic oxidation sites excluding steroid dienone is 2. The van der Waals surface area contributed by atoms with E-state index >= 15 is 0 Å². The topological polar surface area (TPSA) is 15.3 Å². The van der Waals surface area contributed by atoms with Crippen molar-refractivity contribution >= 4 is 0 Å². The molecule has 1 saturated heterocycles. The molecule has 86 valence electrons. The van der Waals surface area contributed by atoms with Gasteiger partial charge in [-0.15, -0.1) is 0 Å². The molecule has 2 heteroatoms. The number of likely N-dealkylation sites (tertiary alicyclic amines) is 1. The van der Waals surface area contributed by atoms with E-state index in [1.807, 2.05) is 0 Å². The molecule has 1 heterocycles. The van der Waals surface area contributed by atoms with Gasteiger partial charge in [-0.2, -0.15) is 0 Å². The lowest BCUT2D eigenvalue weighted by Crippen LogP contribution is -2.36. The zero-order valence-electron chi connectivity index (χ0n) is 9.75. The highest BCUT2D eigenvalue weighted by Crippen LogP contribution is 2.16. The van der Waals surface area contributed by atoms with Crippen LogP contribution in [-0.4, -0.2) is 37.6 Å². The highest BCUT2D eigenvalue weighted by atomic mass is 15.1. The van der Waals surface area contributed by atoms with Crippen LogP contribution in [0, 0.1) is 5.92 Å². The lowest BCUT2D eigenvalue weighted by Gasteiger charge is -2.26. The monoisotopic (exact) mass is 208 g/mol. The van der Waals surface area contributed by atoms with Gasteiger partial charge in [0.2, 0.25) is 0 Å². The number of rotatable bonds is 5. The predicted molar refractivity (Wildman–Crippen MR) is 65.0 cm³/mol. The molecule has 0 saturated carbocycles. The molecule has 0 radical (unpaired) electrons. The van der Waals surface area contributed by atoms with Gasteiger partial charge in [0.25, 0.3) is 0 Å². The van der Waals surface area contributed by atoms with E-state index in [0.717, 1.165) is 5.92 Å². The van der Waals surface area contributed by atoms with Crippen LogP contribution < -0.4 is 5.32 Å². The highest BCUT2D eigenvalue weighted by molar-refractivity contribution is 4.94. The molecule has 0 amide bonds. The van der Waals surface area contributed by atoms with Crippen molar-refractivity contribution < 1.29 is 0 Å². The minimum absolute atomic E-state index is 0.881. The molecule has 2 aliphatic rings. The summed E-state index contributed by atoms with van der Waals surface area (Å²) >= 11 is 0. The molecule has 0 bridgehead atoms. The van der Waals surface area contributed by atoms with E-state index in [-0.39, 0.29) is 0 Å². The highest BCUT2D eigenvalue weighted by Gasteiger charge is 2.11. The van der Waals surface area contributed by atoms with E-state index in [2.05, 4.69) is 22.4 Å². The summed E-state index contributed by atoms with van der Waals surface area (Å²) < 4.78 is 0. The zero-order valence-corrected chi connectivity index (χ0v) is 9.75. The molecule has 2 rings (SSSR count). The van der Waals surface area contributed by atoms with E-state index in [1.165, 1.54) is 64.8 Å². The van der Waals surface area contributed by atoms with Crippen molar-refractivity contribution in [3.8, 4) is 0 Å². The summed E-state index contributed by atoms with van der Waals surface area (Å²) in [6.07, 6.45) is 11.5. The molecule has 1 fully saturated rings. The third kappa shape index (κ3) is 3.96. The van der Waals surface area contributed by atoms with Crippen LogP contribution in [0.4, 0.5) is 0 Å². The van der Waals surface area contributed by atoms with Crippen LogP contribution in [0.15, 0.2) is 12.2 Å². The second-order valence-electron chi connectivity index (χ2n) is 4.92. The number of nitrogens with one attached hydrogen (secondary N) is 1. The average molecular weight is 208 g/mol. The Hall–Kier alpha value is -0.340. The molecular weight excluding hydrogens is 184 g/mol. The Labute approximate surface area is 93.7 Å². The minimum Gasteiger partial charge on any atom is -0.315 e. The molecule has 0 unspecified atom stereocenters. The molecule has 15 heavy (non-hydrogen) atoms. The first-order chi connectivity index (χ1) is 7.45. The molecule has 1 N–H and O–H groups in total. The smallest absolute Gasteiger partial charge is 0.0107 e. The summed E-state index contributed by atoms with van der Waals surface area (Å²) in [5.74, 6) is 0.881.